The predicted molar refractivity (Wildman–Crippen MR) is 107 cm³/mol. The fraction of sp³-hybridized carbons (Fsp3) is 0.409. The van der Waals surface area contributed by atoms with Crippen molar-refractivity contribution in [2.75, 3.05) is 43.7 Å². The fourth-order valence-corrected chi connectivity index (χ4v) is 4.07. The summed E-state index contributed by atoms with van der Waals surface area (Å²) in [5.41, 5.74) is 4.13. The molecular weight excluding hydrogens is 340 g/mol. The van der Waals surface area contributed by atoms with Crippen LogP contribution in [-0.4, -0.2) is 39.8 Å². The number of nitrogens with zero attached hydrogens (tertiary/aromatic N) is 2. The van der Waals surface area contributed by atoms with Gasteiger partial charge in [-0.25, -0.2) is 0 Å². The van der Waals surface area contributed by atoms with E-state index in [4.69, 9.17) is 9.47 Å². The zero-order chi connectivity index (χ0) is 18.8. The number of aryl methyl sites for hydroxylation is 1. The maximum atomic E-state index is 13.3. The molecule has 0 bridgehead atoms. The second-order valence-electron chi connectivity index (χ2n) is 7.14. The maximum absolute atomic E-state index is 13.3. The predicted octanol–water partition coefficient (Wildman–Crippen LogP) is 3.90. The van der Waals surface area contributed by atoms with Crippen molar-refractivity contribution in [3.63, 3.8) is 0 Å². The number of benzene rings is 2. The summed E-state index contributed by atoms with van der Waals surface area (Å²) < 4.78 is 10.7. The van der Waals surface area contributed by atoms with Gasteiger partial charge in [-0.05, 0) is 61.6 Å². The standard InChI is InChI=1S/C22H26N2O3/c1-26-20-10-8-17(14-21(20)27-2)22(25)24-13-5-6-16-7-9-18(15-19(16)24)23-11-3-4-12-23/h7-10,14-15H,3-6,11-13H2,1-2H3. The molecule has 2 heterocycles. The largest absolute Gasteiger partial charge is 0.493 e. The van der Waals surface area contributed by atoms with Gasteiger partial charge in [0, 0.05) is 36.6 Å². The molecule has 1 amide bonds. The maximum Gasteiger partial charge on any atom is 0.258 e. The second-order valence-corrected chi connectivity index (χ2v) is 7.14. The van der Waals surface area contributed by atoms with Crippen LogP contribution < -0.4 is 19.3 Å². The number of rotatable bonds is 4. The van der Waals surface area contributed by atoms with Crippen LogP contribution in [0.1, 0.15) is 35.2 Å². The van der Waals surface area contributed by atoms with E-state index in [0.29, 0.717) is 17.1 Å². The third-order valence-corrected chi connectivity index (χ3v) is 5.53. The molecule has 0 aliphatic carbocycles. The first kappa shape index (κ1) is 17.7. The lowest BCUT2D eigenvalue weighted by molar-refractivity contribution is 0.0984. The number of amides is 1. The van der Waals surface area contributed by atoms with E-state index >= 15 is 0 Å². The first-order chi connectivity index (χ1) is 13.2. The molecule has 1 fully saturated rings. The highest BCUT2D eigenvalue weighted by Crippen LogP contribution is 2.35. The molecule has 0 aromatic heterocycles. The fourth-order valence-electron chi connectivity index (χ4n) is 4.07. The minimum atomic E-state index is 0.00970. The van der Waals surface area contributed by atoms with E-state index in [9.17, 15) is 4.79 Å². The van der Waals surface area contributed by atoms with E-state index in [1.165, 1.54) is 24.1 Å². The van der Waals surface area contributed by atoms with E-state index in [0.717, 1.165) is 38.2 Å². The van der Waals surface area contributed by atoms with E-state index in [1.54, 1.807) is 26.4 Å². The molecule has 0 unspecified atom stereocenters. The van der Waals surface area contributed by atoms with Crippen molar-refractivity contribution in [1.29, 1.82) is 0 Å². The van der Waals surface area contributed by atoms with Crippen LogP contribution in [0.2, 0.25) is 0 Å². The summed E-state index contributed by atoms with van der Waals surface area (Å²) in [5.74, 6) is 1.21. The van der Waals surface area contributed by atoms with Gasteiger partial charge in [0.05, 0.1) is 14.2 Å². The van der Waals surface area contributed by atoms with Gasteiger partial charge in [0.2, 0.25) is 0 Å². The molecule has 2 aliphatic heterocycles. The van der Waals surface area contributed by atoms with Crippen LogP contribution in [0.25, 0.3) is 0 Å². The van der Waals surface area contributed by atoms with Crippen molar-refractivity contribution in [1.82, 2.24) is 0 Å². The Balaban J connectivity index is 1.67. The Labute approximate surface area is 160 Å². The van der Waals surface area contributed by atoms with Crippen LogP contribution >= 0.6 is 0 Å². The number of anilines is 2. The summed E-state index contributed by atoms with van der Waals surface area (Å²) in [6, 6.07) is 11.9. The molecule has 0 saturated carbocycles. The van der Waals surface area contributed by atoms with Crippen LogP contribution in [0.15, 0.2) is 36.4 Å². The Morgan fingerprint density at radius 1 is 0.889 bits per heavy atom. The van der Waals surface area contributed by atoms with Gasteiger partial charge in [-0.3, -0.25) is 4.79 Å². The smallest absolute Gasteiger partial charge is 0.258 e. The third kappa shape index (κ3) is 3.34. The Bertz CT molecular complexity index is 843. The number of fused-ring (bicyclic) bond motifs is 1. The summed E-state index contributed by atoms with van der Waals surface area (Å²) in [4.78, 5) is 17.6. The quantitative estimate of drug-likeness (QED) is 0.823. The van der Waals surface area contributed by atoms with E-state index in [-0.39, 0.29) is 5.91 Å². The Kier molecular flexibility index (Phi) is 4.92. The SMILES string of the molecule is COc1ccc(C(=O)N2CCCc3ccc(N4CCCC4)cc32)cc1OC. The zero-order valence-electron chi connectivity index (χ0n) is 16.0. The van der Waals surface area contributed by atoms with Gasteiger partial charge in [0.25, 0.3) is 5.91 Å². The van der Waals surface area contributed by atoms with Gasteiger partial charge in [-0.15, -0.1) is 0 Å². The Morgan fingerprint density at radius 3 is 2.41 bits per heavy atom. The molecule has 0 spiro atoms. The molecule has 0 radical (unpaired) electrons. The number of ether oxygens (including phenoxy) is 2. The Hall–Kier alpha value is -2.69. The first-order valence-electron chi connectivity index (χ1n) is 9.63. The molecular formula is C22H26N2O3. The van der Waals surface area contributed by atoms with Gasteiger partial charge in [-0.2, -0.15) is 0 Å². The number of carbonyl (C=O) groups excluding carboxylic acids is 1. The summed E-state index contributed by atoms with van der Waals surface area (Å²) in [6.45, 7) is 2.94. The lowest BCUT2D eigenvalue weighted by Gasteiger charge is -2.31. The highest BCUT2D eigenvalue weighted by Gasteiger charge is 2.26. The van der Waals surface area contributed by atoms with Crippen molar-refractivity contribution in [2.45, 2.75) is 25.7 Å². The minimum absolute atomic E-state index is 0.00970. The molecule has 1 saturated heterocycles. The average Bonchev–Trinajstić information content (AvgIpc) is 3.26. The zero-order valence-corrected chi connectivity index (χ0v) is 16.0. The molecule has 4 rings (SSSR count). The molecule has 142 valence electrons. The van der Waals surface area contributed by atoms with Crippen LogP contribution in [0, 0.1) is 0 Å². The molecule has 2 aromatic carbocycles. The summed E-state index contributed by atoms with van der Waals surface area (Å²) in [5, 5.41) is 0. The van der Waals surface area contributed by atoms with Gasteiger partial charge in [-0.1, -0.05) is 6.07 Å². The van der Waals surface area contributed by atoms with E-state index in [1.807, 2.05) is 11.0 Å². The molecule has 5 heteroatoms. The van der Waals surface area contributed by atoms with Gasteiger partial charge in [0.15, 0.2) is 11.5 Å². The Morgan fingerprint density at radius 2 is 1.67 bits per heavy atom. The monoisotopic (exact) mass is 366 g/mol. The molecule has 0 atom stereocenters. The molecule has 5 nitrogen and oxygen atoms in total. The average molecular weight is 366 g/mol. The van der Waals surface area contributed by atoms with Gasteiger partial charge < -0.3 is 19.3 Å². The second kappa shape index (κ2) is 7.51. The summed E-state index contributed by atoms with van der Waals surface area (Å²) in [6.07, 6.45) is 4.48. The van der Waals surface area contributed by atoms with Gasteiger partial charge in [0.1, 0.15) is 0 Å². The van der Waals surface area contributed by atoms with Gasteiger partial charge >= 0.3 is 0 Å². The number of hydrogen-bond donors (Lipinski definition) is 0. The van der Waals surface area contributed by atoms with E-state index in [2.05, 4.69) is 23.1 Å². The first-order valence-corrected chi connectivity index (χ1v) is 9.63. The van der Waals surface area contributed by atoms with Crippen molar-refractivity contribution in [2.24, 2.45) is 0 Å². The van der Waals surface area contributed by atoms with Crippen molar-refractivity contribution in [3.8, 4) is 11.5 Å². The van der Waals surface area contributed by atoms with Crippen LogP contribution in [0.3, 0.4) is 0 Å². The molecule has 27 heavy (non-hydrogen) atoms. The number of carbonyl (C=O) groups is 1. The normalized spacial score (nSPS) is 16.2. The summed E-state index contributed by atoms with van der Waals surface area (Å²) >= 11 is 0. The highest BCUT2D eigenvalue weighted by molar-refractivity contribution is 6.07. The minimum Gasteiger partial charge on any atom is -0.493 e. The highest BCUT2D eigenvalue weighted by atomic mass is 16.5. The molecule has 2 aliphatic rings. The van der Waals surface area contributed by atoms with Crippen LogP contribution in [-0.2, 0) is 6.42 Å². The van der Waals surface area contributed by atoms with E-state index < -0.39 is 0 Å². The van der Waals surface area contributed by atoms with Crippen LogP contribution in [0.4, 0.5) is 11.4 Å². The summed E-state index contributed by atoms with van der Waals surface area (Å²) in [7, 11) is 3.19. The van der Waals surface area contributed by atoms with Crippen molar-refractivity contribution >= 4 is 17.3 Å². The number of methoxy groups -OCH3 is 2. The number of hydrogen-bond acceptors (Lipinski definition) is 4. The van der Waals surface area contributed by atoms with Crippen molar-refractivity contribution in [3.05, 3.63) is 47.5 Å². The van der Waals surface area contributed by atoms with Crippen LogP contribution in [0.5, 0.6) is 11.5 Å². The molecule has 0 N–H and O–H groups in total. The van der Waals surface area contributed by atoms with Crippen molar-refractivity contribution < 1.29 is 14.3 Å². The third-order valence-electron chi connectivity index (χ3n) is 5.53. The lowest BCUT2D eigenvalue weighted by Crippen LogP contribution is -2.35. The lowest BCUT2D eigenvalue weighted by atomic mass is 9.99. The molecule has 2 aromatic rings. The topological polar surface area (TPSA) is 42.0 Å².